The molecule has 27 heavy (non-hydrogen) atoms. The fourth-order valence-corrected chi connectivity index (χ4v) is 3.59. The lowest BCUT2D eigenvalue weighted by molar-refractivity contribution is 0.100. The van der Waals surface area contributed by atoms with Crippen LogP contribution in [-0.2, 0) is 0 Å². The number of hydrogen-bond donors (Lipinski definition) is 2. The van der Waals surface area contributed by atoms with Crippen molar-refractivity contribution in [1.29, 1.82) is 0 Å². The van der Waals surface area contributed by atoms with Crippen molar-refractivity contribution in [3.8, 4) is 21.9 Å². The lowest BCUT2D eigenvalue weighted by Crippen LogP contribution is -2.16. The molecule has 0 aliphatic rings. The molecule has 6 nitrogen and oxygen atoms in total. The molecule has 0 aliphatic heterocycles. The summed E-state index contributed by atoms with van der Waals surface area (Å²) in [6.45, 7) is 0. The summed E-state index contributed by atoms with van der Waals surface area (Å²) < 4.78 is 10.4. The molecule has 1 aromatic heterocycles. The van der Waals surface area contributed by atoms with Crippen molar-refractivity contribution >= 4 is 28.2 Å². The Morgan fingerprint density at radius 3 is 2.15 bits per heavy atom. The van der Waals surface area contributed by atoms with Crippen LogP contribution in [0.15, 0.2) is 54.6 Å². The van der Waals surface area contributed by atoms with Crippen molar-refractivity contribution in [2.24, 2.45) is 5.73 Å². The topological polar surface area (TPSA) is 90.7 Å². The molecular formula is C20H18N2O4S. The Hall–Kier alpha value is -3.32. The molecule has 0 saturated carbocycles. The second kappa shape index (κ2) is 7.92. The van der Waals surface area contributed by atoms with E-state index in [2.05, 4.69) is 5.32 Å². The van der Waals surface area contributed by atoms with Crippen LogP contribution in [0.2, 0.25) is 0 Å². The second-order valence-electron chi connectivity index (χ2n) is 5.64. The van der Waals surface area contributed by atoms with Crippen LogP contribution in [0, 0.1) is 0 Å². The maximum absolute atomic E-state index is 12.7. The molecular weight excluding hydrogens is 364 g/mol. The maximum atomic E-state index is 12.7. The molecule has 0 saturated heterocycles. The number of nitrogens with one attached hydrogen (secondary N) is 1. The predicted molar refractivity (Wildman–Crippen MR) is 106 cm³/mol. The SMILES string of the molecule is COc1cc(OC)cc(C(=O)Nc2sc(-c3ccccc3)cc2C(N)=O)c1. The van der Waals surface area contributed by atoms with Gasteiger partial charge in [0.05, 0.1) is 19.8 Å². The van der Waals surface area contributed by atoms with Crippen LogP contribution < -0.4 is 20.5 Å². The van der Waals surface area contributed by atoms with E-state index in [0.29, 0.717) is 22.1 Å². The van der Waals surface area contributed by atoms with Gasteiger partial charge in [-0.25, -0.2) is 0 Å². The number of carbonyl (C=O) groups is 2. The summed E-state index contributed by atoms with van der Waals surface area (Å²) in [5, 5.41) is 3.17. The molecule has 2 amide bonds. The zero-order valence-electron chi connectivity index (χ0n) is 14.8. The van der Waals surface area contributed by atoms with Crippen LogP contribution in [0.5, 0.6) is 11.5 Å². The van der Waals surface area contributed by atoms with Crippen molar-refractivity contribution in [3.63, 3.8) is 0 Å². The highest BCUT2D eigenvalue weighted by atomic mass is 32.1. The van der Waals surface area contributed by atoms with E-state index in [1.54, 1.807) is 24.3 Å². The van der Waals surface area contributed by atoms with E-state index in [4.69, 9.17) is 15.2 Å². The van der Waals surface area contributed by atoms with Gasteiger partial charge < -0.3 is 20.5 Å². The number of primary amides is 1. The van der Waals surface area contributed by atoms with E-state index in [1.165, 1.54) is 25.6 Å². The molecule has 2 aromatic carbocycles. The first-order valence-corrected chi connectivity index (χ1v) is 8.87. The highest BCUT2D eigenvalue weighted by Gasteiger charge is 2.18. The summed E-state index contributed by atoms with van der Waals surface area (Å²) in [4.78, 5) is 25.4. The number of rotatable bonds is 6. The zero-order valence-corrected chi connectivity index (χ0v) is 15.6. The average Bonchev–Trinajstić information content (AvgIpc) is 3.12. The minimum absolute atomic E-state index is 0.266. The summed E-state index contributed by atoms with van der Waals surface area (Å²) in [6, 6.07) is 16.1. The average molecular weight is 382 g/mol. The molecule has 0 fully saturated rings. The molecule has 0 unspecified atom stereocenters. The first-order chi connectivity index (χ1) is 13.0. The monoisotopic (exact) mass is 382 g/mol. The molecule has 7 heteroatoms. The van der Waals surface area contributed by atoms with Gasteiger partial charge in [-0.2, -0.15) is 0 Å². The molecule has 3 N–H and O–H groups in total. The first kappa shape index (κ1) is 18.5. The molecule has 138 valence electrons. The lowest BCUT2D eigenvalue weighted by Gasteiger charge is -2.09. The summed E-state index contributed by atoms with van der Waals surface area (Å²) in [5.74, 6) is -0.0142. The standard InChI is InChI=1S/C20H18N2O4S/c1-25-14-8-13(9-15(10-14)26-2)19(24)22-20-16(18(21)23)11-17(27-20)12-6-4-3-5-7-12/h3-11H,1-2H3,(H2,21,23)(H,22,24). The maximum Gasteiger partial charge on any atom is 0.256 e. The smallest absolute Gasteiger partial charge is 0.256 e. The first-order valence-electron chi connectivity index (χ1n) is 8.05. The number of nitrogens with two attached hydrogens (primary N) is 1. The van der Waals surface area contributed by atoms with Crippen LogP contribution in [0.4, 0.5) is 5.00 Å². The Morgan fingerprint density at radius 1 is 0.963 bits per heavy atom. The van der Waals surface area contributed by atoms with E-state index in [-0.39, 0.29) is 5.56 Å². The van der Waals surface area contributed by atoms with E-state index >= 15 is 0 Å². The Kier molecular flexibility index (Phi) is 5.42. The predicted octanol–water partition coefficient (Wildman–Crippen LogP) is 3.78. The number of anilines is 1. The van der Waals surface area contributed by atoms with Crippen molar-refractivity contribution in [1.82, 2.24) is 0 Å². The highest BCUT2D eigenvalue weighted by Crippen LogP contribution is 2.35. The van der Waals surface area contributed by atoms with Crippen molar-refractivity contribution < 1.29 is 19.1 Å². The third kappa shape index (κ3) is 4.09. The fourth-order valence-electron chi connectivity index (χ4n) is 2.53. The highest BCUT2D eigenvalue weighted by molar-refractivity contribution is 7.20. The molecule has 0 radical (unpaired) electrons. The van der Waals surface area contributed by atoms with Gasteiger partial charge in [0.2, 0.25) is 0 Å². The summed E-state index contributed by atoms with van der Waals surface area (Å²) >= 11 is 1.29. The number of hydrogen-bond acceptors (Lipinski definition) is 5. The Labute approximate surface area is 160 Å². The Morgan fingerprint density at radius 2 is 1.59 bits per heavy atom. The molecule has 3 aromatic rings. The van der Waals surface area contributed by atoms with Gasteiger partial charge in [-0.3, -0.25) is 9.59 Å². The van der Waals surface area contributed by atoms with Gasteiger partial charge in [-0.1, -0.05) is 30.3 Å². The molecule has 0 aliphatic carbocycles. The van der Waals surface area contributed by atoms with Gasteiger partial charge in [0, 0.05) is 16.5 Å². The number of benzene rings is 2. The summed E-state index contributed by atoms with van der Waals surface area (Å²) in [6.07, 6.45) is 0. The van der Waals surface area contributed by atoms with Crippen LogP contribution in [0.25, 0.3) is 10.4 Å². The number of ether oxygens (including phenoxy) is 2. The third-order valence-corrected chi connectivity index (χ3v) is 5.00. The minimum Gasteiger partial charge on any atom is -0.497 e. The van der Waals surface area contributed by atoms with Crippen LogP contribution in [0.1, 0.15) is 20.7 Å². The van der Waals surface area contributed by atoms with Gasteiger partial charge >= 0.3 is 0 Å². The van der Waals surface area contributed by atoms with Gasteiger partial charge in [-0.15, -0.1) is 11.3 Å². The molecule has 0 bridgehead atoms. The lowest BCUT2D eigenvalue weighted by atomic mass is 10.1. The Balaban J connectivity index is 1.94. The number of methoxy groups -OCH3 is 2. The van der Waals surface area contributed by atoms with Crippen molar-refractivity contribution in [2.45, 2.75) is 0 Å². The van der Waals surface area contributed by atoms with Crippen LogP contribution >= 0.6 is 11.3 Å². The van der Waals surface area contributed by atoms with E-state index < -0.39 is 11.8 Å². The molecule has 3 rings (SSSR count). The van der Waals surface area contributed by atoms with Crippen molar-refractivity contribution in [3.05, 3.63) is 65.7 Å². The normalized spacial score (nSPS) is 10.3. The molecule has 0 spiro atoms. The number of thiophene rings is 1. The van der Waals surface area contributed by atoms with Gasteiger partial charge in [0.15, 0.2) is 0 Å². The third-order valence-electron chi connectivity index (χ3n) is 3.90. The molecule has 1 heterocycles. The Bertz CT molecular complexity index is 961. The summed E-state index contributed by atoms with van der Waals surface area (Å²) in [5.41, 5.74) is 7.04. The second-order valence-corrected chi connectivity index (χ2v) is 6.69. The van der Waals surface area contributed by atoms with Crippen LogP contribution in [0.3, 0.4) is 0 Å². The number of carbonyl (C=O) groups excluding carboxylic acids is 2. The summed E-state index contributed by atoms with van der Waals surface area (Å²) in [7, 11) is 3.01. The van der Waals surface area contributed by atoms with Crippen LogP contribution in [-0.4, -0.2) is 26.0 Å². The van der Waals surface area contributed by atoms with E-state index in [1.807, 2.05) is 30.3 Å². The quantitative estimate of drug-likeness (QED) is 0.679. The fraction of sp³-hybridized carbons (Fsp3) is 0.100. The van der Waals surface area contributed by atoms with Crippen molar-refractivity contribution in [2.75, 3.05) is 19.5 Å². The van der Waals surface area contributed by atoms with Gasteiger partial charge in [0.25, 0.3) is 11.8 Å². The number of amides is 2. The largest absolute Gasteiger partial charge is 0.497 e. The van der Waals surface area contributed by atoms with E-state index in [0.717, 1.165) is 10.4 Å². The van der Waals surface area contributed by atoms with Gasteiger partial charge in [0.1, 0.15) is 16.5 Å². The van der Waals surface area contributed by atoms with Gasteiger partial charge in [-0.05, 0) is 23.8 Å². The minimum atomic E-state index is -0.605. The zero-order chi connectivity index (χ0) is 19.4. The molecule has 0 atom stereocenters. The van der Waals surface area contributed by atoms with E-state index in [9.17, 15) is 9.59 Å².